The van der Waals surface area contributed by atoms with Gasteiger partial charge < -0.3 is 10.2 Å². The molecule has 4 heteroatoms. The van der Waals surface area contributed by atoms with Gasteiger partial charge in [-0.15, -0.1) is 0 Å². The van der Waals surface area contributed by atoms with E-state index in [1.807, 2.05) is 7.05 Å². The Morgan fingerprint density at radius 3 is 2.68 bits per heavy atom. The van der Waals surface area contributed by atoms with Crippen LogP contribution in [0.1, 0.15) is 38.7 Å². The van der Waals surface area contributed by atoms with Crippen molar-refractivity contribution < 1.29 is 4.39 Å². The van der Waals surface area contributed by atoms with Gasteiger partial charge in [-0.2, -0.15) is 0 Å². The minimum absolute atomic E-state index is 0.260. The van der Waals surface area contributed by atoms with Crippen molar-refractivity contribution in [3.05, 3.63) is 23.6 Å². The number of anilines is 1. The lowest BCUT2D eigenvalue weighted by molar-refractivity contribution is 0.237. The third-order valence-corrected chi connectivity index (χ3v) is 4.40. The van der Waals surface area contributed by atoms with Crippen molar-refractivity contribution in [1.82, 2.24) is 10.3 Å². The number of rotatable bonds is 4. The molecule has 0 bridgehead atoms. The van der Waals surface area contributed by atoms with Crippen LogP contribution >= 0.6 is 0 Å². The summed E-state index contributed by atoms with van der Waals surface area (Å²) in [5.41, 5.74) is 1.40. The number of nitrogens with zero attached hydrogens (tertiary/aromatic N) is 2. The topological polar surface area (TPSA) is 28.2 Å². The van der Waals surface area contributed by atoms with E-state index in [-0.39, 0.29) is 5.82 Å². The van der Waals surface area contributed by atoms with Crippen molar-refractivity contribution in [1.29, 1.82) is 0 Å². The largest absolute Gasteiger partial charge is 0.356 e. The van der Waals surface area contributed by atoms with Crippen LogP contribution in [-0.2, 0) is 6.54 Å². The number of nitrogens with one attached hydrogen (secondary N) is 1. The van der Waals surface area contributed by atoms with Gasteiger partial charge in [0.15, 0.2) is 0 Å². The van der Waals surface area contributed by atoms with E-state index in [2.05, 4.69) is 29.0 Å². The van der Waals surface area contributed by atoms with Gasteiger partial charge >= 0.3 is 0 Å². The molecule has 106 valence electrons. The van der Waals surface area contributed by atoms with E-state index >= 15 is 0 Å². The van der Waals surface area contributed by atoms with Crippen molar-refractivity contribution in [3.63, 3.8) is 0 Å². The molecule has 1 fully saturated rings. The number of piperidine rings is 1. The zero-order valence-electron chi connectivity index (χ0n) is 12.2. The quantitative estimate of drug-likeness (QED) is 0.907. The molecule has 1 aromatic heterocycles. The predicted octanol–water partition coefficient (Wildman–Crippen LogP) is 2.96. The highest BCUT2D eigenvalue weighted by molar-refractivity contribution is 5.47. The molecule has 2 heterocycles. The third-order valence-electron chi connectivity index (χ3n) is 4.40. The first-order valence-electron chi connectivity index (χ1n) is 7.12. The van der Waals surface area contributed by atoms with Crippen molar-refractivity contribution in [2.45, 2.75) is 39.7 Å². The van der Waals surface area contributed by atoms with Gasteiger partial charge in [-0.1, -0.05) is 20.3 Å². The van der Waals surface area contributed by atoms with Crippen LogP contribution in [0.5, 0.6) is 0 Å². The molecule has 0 aliphatic carbocycles. The first-order chi connectivity index (χ1) is 9.08. The second kappa shape index (κ2) is 5.87. The van der Waals surface area contributed by atoms with Crippen LogP contribution in [0.15, 0.2) is 12.3 Å². The van der Waals surface area contributed by atoms with E-state index in [4.69, 9.17) is 0 Å². The fourth-order valence-corrected chi connectivity index (χ4v) is 2.69. The van der Waals surface area contributed by atoms with E-state index in [0.29, 0.717) is 12.0 Å². The Labute approximate surface area is 115 Å². The van der Waals surface area contributed by atoms with Gasteiger partial charge in [-0.25, -0.2) is 9.37 Å². The molecule has 0 atom stereocenters. The van der Waals surface area contributed by atoms with Crippen LogP contribution in [0.2, 0.25) is 0 Å². The molecule has 1 aliphatic heterocycles. The van der Waals surface area contributed by atoms with E-state index in [1.165, 1.54) is 25.5 Å². The van der Waals surface area contributed by atoms with Gasteiger partial charge in [-0.3, -0.25) is 0 Å². The number of pyridine rings is 1. The minimum Gasteiger partial charge on any atom is -0.356 e. The molecule has 0 spiro atoms. The van der Waals surface area contributed by atoms with E-state index < -0.39 is 0 Å². The molecule has 2 rings (SSSR count). The lowest BCUT2D eigenvalue weighted by Crippen LogP contribution is -2.39. The maximum absolute atomic E-state index is 13.3. The summed E-state index contributed by atoms with van der Waals surface area (Å²) in [4.78, 5) is 6.60. The molecule has 1 aromatic rings. The maximum atomic E-state index is 13.3. The predicted molar refractivity (Wildman–Crippen MR) is 76.8 cm³/mol. The number of aromatic nitrogens is 1. The smallest absolute Gasteiger partial charge is 0.141 e. The fraction of sp³-hybridized carbons (Fsp3) is 0.667. The van der Waals surface area contributed by atoms with Crippen LogP contribution in [0, 0.1) is 11.2 Å². The zero-order valence-corrected chi connectivity index (χ0v) is 12.2. The van der Waals surface area contributed by atoms with Crippen LogP contribution in [0.25, 0.3) is 0 Å². The minimum atomic E-state index is -0.260. The first-order valence-corrected chi connectivity index (χ1v) is 7.12. The van der Waals surface area contributed by atoms with Crippen molar-refractivity contribution in [2.24, 2.45) is 5.41 Å². The third kappa shape index (κ3) is 3.24. The Morgan fingerprint density at radius 1 is 1.42 bits per heavy atom. The fourth-order valence-electron chi connectivity index (χ4n) is 2.69. The van der Waals surface area contributed by atoms with Crippen LogP contribution in [0.4, 0.5) is 10.2 Å². The monoisotopic (exact) mass is 265 g/mol. The summed E-state index contributed by atoms with van der Waals surface area (Å²) in [6.07, 6.45) is 4.91. The first kappa shape index (κ1) is 14.3. The standard InChI is InChI=1S/C15H24FN3/c1-4-15(2)5-7-19(8-6-15)14-12(10-17-3)9-13(16)11-18-14/h9,11,17H,4-8,10H2,1-3H3. The Hall–Kier alpha value is -1.16. The van der Waals surface area contributed by atoms with Crippen LogP contribution in [-0.4, -0.2) is 25.1 Å². The summed E-state index contributed by atoms with van der Waals surface area (Å²) in [6, 6.07) is 1.59. The van der Waals surface area contributed by atoms with Crippen LogP contribution < -0.4 is 10.2 Å². The second-order valence-electron chi connectivity index (χ2n) is 5.82. The van der Waals surface area contributed by atoms with Crippen LogP contribution in [0.3, 0.4) is 0 Å². The van der Waals surface area contributed by atoms with Gasteiger partial charge in [0.25, 0.3) is 0 Å². The highest BCUT2D eigenvalue weighted by Crippen LogP contribution is 2.35. The lowest BCUT2D eigenvalue weighted by Gasteiger charge is -2.40. The second-order valence-corrected chi connectivity index (χ2v) is 5.82. The average molecular weight is 265 g/mol. The number of halogens is 1. The van der Waals surface area contributed by atoms with Gasteiger partial charge in [0.1, 0.15) is 11.6 Å². The van der Waals surface area contributed by atoms with Gasteiger partial charge in [-0.05, 0) is 31.4 Å². The summed E-state index contributed by atoms with van der Waals surface area (Å²) in [7, 11) is 1.87. The molecule has 0 unspecified atom stereocenters. The van der Waals surface area contributed by atoms with Gasteiger partial charge in [0.2, 0.25) is 0 Å². The molecular weight excluding hydrogens is 241 g/mol. The molecule has 1 saturated heterocycles. The highest BCUT2D eigenvalue weighted by Gasteiger charge is 2.29. The normalized spacial score (nSPS) is 18.6. The van der Waals surface area contributed by atoms with Gasteiger partial charge in [0, 0.05) is 25.2 Å². The Bertz CT molecular complexity index is 425. The molecule has 0 saturated carbocycles. The molecule has 0 amide bonds. The zero-order chi connectivity index (χ0) is 13.9. The molecular formula is C15H24FN3. The molecule has 0 aromatic carbocycles. The maximum Gasteiger partial charge on any atom is 0.141 e. The average Bonchev–Trinajstić information content (AvgIpc) is 2.41. The van der Waals surface area contributed by atoms with Crippen molar-refractivity contribution in [3.8, 4) is 0 Å². The van der Waals surface area contributed by atoms with Crippen molar-refractivity contribution >= 4 is 5.82 Å². The summed E-state index contributed by atoms with van der Waals surface area (Å²) in [6.45, 7) is 7.30. The lowest BCUT2D eigenvalue weighted by atomic mass is 9.78. The van der Waals surface area contributed by atoms with E-state index in [9.17, 15) is 4.39 Å². The number of hydrogen-bond donors (Lipinski definition) is 1. The van der Waals surface area contributed by atoms with E-state index in [1.54, 1.807) is 6.07 Å². The molecule has 19 heavy (non-hydrogen) atoms. The van der Waals surface area contributed by atoms with E-state index in [0.717, 1.165) is 24.5 Å². The Morgan fingerprint density at radius 2 is 2.11 bits per heavy atom. The van der Waals surface area contributed by atoms with Gasteiger partial charge in [0.05, 0.1) is 6.20 Å². The summed E-state index contributed by atoms with van der Waals surface area (Å²) in [5.74, 6) is 0.679. The summed E-state index contributed by atoms with van der Waals surface area (Å²) >= 11 is 0. The Balaban J connectivity index is 2.15. The summed E-state index contributed by atoms with van der Waals surface area (Å²) < 4.78 is 13.3. The molecule has 1 N–H and O–H groups in total. The van der Waals surface area contributed by atoms with Crippen molar-refractivity contribution in [2.75, 3.05) is 25.0 Å². The number of hydrogen-bond acceptors (Lipinski definition) is 3. The molecule has 3 nitrogen and oxygen atoms in total. The SMILES string of the molecule is CCC1(C)CCN(c2ncc(F)cc2CNC)CC1. The highest BCUT2D eigenvalue weighted by atomic mass is 19.1. The molecule has 0 radical (unpaired) electrons. The summed E-state index contributed by atoms with van der Waals surface area (Å²) in [5, 5.41) is 3.08. The molecule has 1 aliphatic rings. The Kier molecular flexibility index (Phi) is 4.40.